The zero-order chi connectivity index (χ0) is 20.3. The Kier molecular flexibility index (Phi) is 6.36. The van der Waals surface area contributed by atoms with Gasteiger partial charge in [0.25, 0.3) is 0 Å². The summed E-state index contributed by atoms with van der Waals surface area (Å²) in [6.45, 7) is 8.59. The first kappa shape index (κ1) is 20.7. The maximum atomic E-state index is 6.24. The van der Waals surface area contributed by atoms with Crippen LogP contribution in [0.15, 0.2) is 53.7 Å². The molecule has 0 aliphatic carbocycles. The number of ether oxygens (including phenoxy) is 1. The van der Waals surface area contributed by atoms with Crippen molar-refractivity contribution in [1.82, 2.24) is 14.8 Å². The summed E-state index contributed by atoms with van der Waals surface area (Å²) in [5.74, 6) is 2.37. The zero-order valence-electron chi connectivity index (χ0n) is 16.9. The first-order valence-corrected chi connectivity index (χ1v) is 10.6. The van der Waals surface area contributed by atoms with Crippen molar-refractivity contribution in [3.63, 3.8) is 0 Å². The molecule has 4 nitrogen and oxygen atoms in total. The Bertz CT molecular complexity index is 932. The lowest BCUT2D eigenvalue weighted by Crippen LogP contribution is -2.12. The second kappa shape index (κ2) is 8.58. The van der Waals surface area contributed by atoms with E-state index in [4.69, 9.17) is 16.3 Å². The summed E-state index contributed by atoms with van der Waals surface area (Å²) in [4.78, 5) is 0. The fourth-order valence-electron chi connectivity index (χ4n) is 2.85. The lowest BCUT2D eigenvalue weighted by Gasteiger charge is -2.20. The maximum Gasteiger partial charge on any atom is 0.191 e. The third kappa shape index (κ3) is 4.89. The predicted octanol–water partition coefficient (Wildman–Crippen LogP) is 6.20. The van der Waals surface area contributed by atoms with E-state index in [2.05, 4.69) is 43.1 Å². The van der Waals surface area contributed by atoms with E-state index in [0.29, 0.717) is 0 Å². The van der Waals surface area contributed by atoms with Crippen LogP contribution in [-0.2, 0) is 18.2 Å². The Hall–Kier alpha value is -1.98. The van der Waals surface area contributed by atoms with Gasteiger partial charge in [0.15, 0.2) is 17.1 Å². The molecular formula is C22H26ClN3OS. The Balaban J connectivity index is 1.66. The van der Waals surface area contributed by atoms with Crippen molar-refractivity contribution in [2.24, 2.45) is 7.05 Å². The van der Waals surface area contributed by atoms with Crippen LogP contribution in [0.2, 0.25) is 5.02 Å². The van der Waals surface area contributed by atoms with Crippen LogP contribution in [0.3, 0.4) is 0 Å². The molecule has 148 valence electrons. The van der Waals surface area contributed by atoms with Crippen LogP contribution in [0, 0.1) is 0 Å². The molecule has 0 saturated carbocycles. The van der Waals surface area contributed by atoms with E-state index in [-0.39, 0.29) is 11.5 Å². The molecule has 1 atom stereocenters. The molecule has 1 aromatic heterocycles. The molecule has 0 radical (unpaired) electrons. The van der Waals surface area contributed by atoms with Gasteiger partial charge in [-0.1, -0.05) is 74.5 Å². The quantitative estimate of drug-likeness (QED) is 0.449. The van der Waals surface area contributed by atoms with E-state index >= 15 is 0 Å². The number of hydrogen-bond donors (Lipinski definition) is 0. The van der Waals surface area contributed by atoms with Gasteiger partial charge in [-0.15, -0.1) is 10.2 Å². The second-order valence-electron chi connectivity index (χ2n) is 7.81. The Morgan fingerprint density at radius 2 is 1.75 bits per heavy atom. The van der Waals surface area contributed by atoms with E-state index in [0.717, 1.165) is 33.1 Å². The fraction of sp³-hybridized carbons (Fsp3) is 0.364. The highest BCUT2D eigenvalue weighted by molar-refractivity contribution is 7.98. The van der Waals surface area contributed by atoms with Gasteiger partial charge < -0.3 is 9.30 Å². The van der Waals surface area contributed by atoms with E-state index in [1.807, 2.05) is 54.9 Å². The number of halogens is 1. The van der Waals surface area contributed by atoms with Gasteiger partial charge in [-0.25, -0.2) is 0 Å². The minimum absolute atomic E-state index is 0.127. The topological polar surface area (TPSA) is 39.9 Å². The largest absolute Gasteiger partial charge is 0.483 e. The molecule has 0 bridgehead atoms. The van der Waals surface area contributed by atoms with Crippen LogP contribution in [0.25, 0.3) is 0 Å². The summed E-state index contributed by atoms with van der Waals surface area (Å²) in [7, 11) is 1.97. The van der Waals surface area contributed by atoms with Crippen molar-refractivity contribution in [3.05, 3.63) is 70.5 Å². The van der Waals surface area contributed by atoms with E-state index in [1.54, 1.807) is 11.8 Å². The first-order valence-electron chi connectivity index (χ1n) is 9.28. The van der Waals surface area contributed by atoms with Crippen molar-refractivity contribution in [2.45, 2.75) is 50.1 Å². The van der Waals surface area contributed by atoms with Crippen molar-refractivity contribution in [2.75, 3.05) is 0 Å². The number of thioether (sulfide) groups is 1. The van der Waals surface area contributed by atoms with Gasteiger partial charge in [0.05, 0.1) is 0 Å². The van der Waals surface area contributed by atoms with Crippen molar-refractivity contribution >= 4 is 23.4 Å². The van der Waals surface area contributed by atoms with Crippen LogP contribution < -0.4 is 4.74 Å². The summed E-state index contributed by atoms with van der Waals surface area (Å²) >= 11 is 7.85. The average Bonchev–Trinajstić information content (AvgIpc) is 3.01. The molecule has 0 spiro atoms. The molecule has 1 heterocycles. The van der Waals surface area contributed by atoms with Crippen molar-refractivity contribution < 1.29 is 4.74 Å². The number of benzene rings is 2. The normalized spacial score (nSPS) is 12.8. The summed E-state index contributed by atoms with van der Waals surface area (Å²) in [6, 6.07) is 16.1. The van der Waals surface area contributed by atoms with Gasteiger partial charge in [-0.2, -0.15) is 0 Å². The summed E-state index contributed by atoms with van der Waals surface area (Å²) in [5.41, 5.74) is 2.49. The highest BCUT2D eigenvalue weighted by atomic mass is 35.5. The number of aromatic nitrogens is 3. The van der Waals surface area contributed by atoms with Crippen LogP contribution in [0.1, 0.15) is 50.8 Å². The van der Waals surface area contributed by atoms with Gasteiger partial charge in [0, 0.05) is 17.8 Å². The molecule has 0 N–H and O–H groups in total. The zero-order valence-corrected chi connectivity index (χ0v) is 18.5. The molecule has 0 aliphatic rings. The highest BCUT2D eigenvalue weighted by Gasteiger charge is 2.18. The maximum absolute atomic E-state index is 6.24. The summed E-state index contributed by atoms with van der Waals surface area (Å²) in [5, 5.41) is 10.3. The predicted molar refractivity (Wildman–Crippen MR) is 116 cm³/mol. The molecule has 1 unspecified atom stereocenters. The average molecular weight is 416 g/mol. The van der Waals surface area contributed by atoms with Gasteiger partial charge >= 0.3 is 0 Å². The molecular weight excluding hydrogens is 390 g/mol. The third-order valence-corrected chi connectivity index (χ3v) is 6.02. The van der Waals surface area contributed by atoms with E-state index in [9.17, 15) is 0 Å². The molecule has 0 saturated heterocycles. The van der Waals surface area contributed by atoms with Crippen molar-refractivity contribution in [1.29, 1.82) is 0 Å². The minimum atomic E-state index is -0.201. The number of rotatable bonds is 6. The van der Waals surface area contributed by atoms with Crippen LogP contribution in [0.4, 0.5) is 0 Å². The lowest BCUT2D eigenvalue weighted by molar-refractivity contribution is 0.211. The van der Waals surface area contributed by atoms with Crippen LogP contribution in [0.5, 0.6) is 5.75 Å². The molecule has 28 heavy (non-hydrogen) atoms. The monoisotopic (exact) mass is 415 g/mol. The highest BCUT2D eigenvalue weighted by Crippen LogP contribution is 2.29. The molecule has 3 aromatic rings. The van der Waals surface area contributed by atoms with Gasteiger partial charge in [-0.3, -0.25) is 0 Å². The Morgan fingerprint density at radius 1 is 1.07 bits per heavy atom. The van der Waals surface area contributed by atoms with Gasteiger partial charge in [0.2, 0.25) is 0 Å². The van der Waals surface area contributed by atoms with E-state index in [1.165, 1.54) is 5.56 Å². The smallest absolute Gasteiger partial charge is 0.191 e. The molecule has 6 heteroatoms. The fourth-order valence-corrected chi connectivity index (χ4v) is 4.06. The lowest BCUT2D eigenvalue weighted by atomic mass is 9.87. The summed E-state index contributed by atoms with van der Waals surface area (Å²) < 4.78 is 8.07. The molecule has 0 fully saturated rings. The van der Waals surface area contributed by atoms with Crippen LogP contribution in [-0.4, -0.2) is 14.8 Å². The third-order valence-electron chi connectivity index (χ3n) is 4.58. The van der Waals surface area contributed by atoms with Gasteiger partial charge in [-0.05, 0) is 41.7 Å². The molecule has 0 amide bonds. The molecule has 0 aliphatic heterocycles. The van der Waals surface area contributed by atoms with Crippen LogP contribution >= 0.6 is 23.4 Å². The SMILES string of the molecule is CC(Oc1ccc(C(C)(C)C)cc1)c1nnc(SCc2ccccc2Cl)n1C. The summed E-state index contributed by atoms with van der Waals surface area (Å²) in [6.07, 6.45) is -0.201. The first-order chi connectivity index (χ1) is 13.3. The second-order valence-corrected chi connectivity index (χ2v) is 9.16. The standard InChI is InChI=1S/C22H26ClN3OS/c1-15(27-18-12-10-17(11-13-18)22(2,3)4)20-24-25-21(26(20)5)28-14-16-8-6-7-9-19(16)23/h6-13,15H,14H2,1-5H3. The number of nitrogens with zero attached hydrogens (tertiary/aromatic N) is 3. The molecule has 3 rings (SSSR count). The Labute approximate surface area is 176 Å². The van der Waals surface area contributed by atoms with E-state index < -0.39 is 0 Å². The molecule has 2 aromatic carbocycles. The Morgan fingerprint density at radius 3 is 2.39 bits per heavy atom. The van der Waals surface area contributed by atoms with Gasteiger partial charge in [0.1, 0.15) is 5.75 Å². The van der Waals surface area contributed by atoms with Crippen molar-refractivity contribution in [3.8, 4) is 5.75 Å². The minimum Gasteiger partial charge on any atom is -0.483 e. The number of hydrogen-bond acceptors (Lipinski definition) is 4.